The van der Waals surface area contributed by atoms with E-state index in [0.29, 0.717) is 24.7 Å². The minimum Gasteiger partial charge on any atom is -0.488 e. The van der Waals surface area contributed by atoms with Gasteiger partial charge in [0.25, 0.3) is 0 Å². The zero-order valence-corrected chi connectivity index (χ0v) is 18.2. The second kappa shape index (κ2) is 10.2. The predicted molar refractivity (Wildman–Crippen MR) is 123 cm³/mol. The number of aromatic carboxylic acids is 1. The standard InChI is InChI=1S/C24H22ClNO4.ClH/c25-19-3-1-2-16(12-19)22(27)13-26-9-8-15-4-7-23-21(10-15)20-6-5-17(24(28)29)11-18(20)14-30-23;/h1-7,10-12,22,26-27H,8-9,13-14H2,(H,28,29);1H/t22-;/m1./s1. The van der Waals surface area contributed by atoms with Crippen LogP contribution in [0.15, 0.2) is 60.7 Å². The monoisotopic (exact) mass is 459 g/mol. The maximum Gasteiger partial charge on any atom is 0.335 e. The van der Waals surface area contributed by atoms with Gasteiger partial charge in [-0.25, -0.2) is 4.79 Å². The Kier molecular flexibility index (Phi) is 7.57. The van der Waals surface area contributed by atoms with Crippen LogP contribution < -0.4 is 10.1 Å². The van der Waals surface area contributed by atoms with Crippen LogP contribution >= 0.6 is 24.0 Å². The SMILES string of the molecule is Cl.O=C(O)c1ccc2c(c1)COc1ccc(CCNC[C@@H](O)c3cccc(Cl)c3)cc1-2. The lowest BCUT2D eigenvalue weighted by atomic mass is 9.93. The molecule has 5 nitrogen and oxygen atoms in total. The number of benzene rings is 3. The minimum atomic E-state index is -0.941. The number of nitrogens with one attached hydrogen (secondary N) is 1. The van der Waals surface area contributed by atoms with Crippen LogP contribution in [0.1, 0.15) is 33.2 Å². The summed E-state index contributed by atoms with van der Waals surface area (Å²) >= 11 is 5.98. The van der Waals surface area contributed by atoms with E-state index >= 15 is 0 Å². The summed E-state index contributed by atoms with van der Waals surface area (Å²) in [6.07, 6.45) is 0.175. The Morgan fingerprint density at radius 1 is 1.10 bits per heavy atom. The van der Waals surface area contributed by atoms with Gasteiger partial charge in [0.1, 0.15) is 12.4 Å². The van der Waals surface area contributed by atoms with Gasteiger partial charge in [-0.1, -0.05) is 35.9 Å². The number of carbonyl (C=O) groups is 1. The van der Waals surface area contributed by atoms with Gasteiger partial charge in [0.2, 0.25) is 0 Å². The molecule has 0 saturated heterocycles. The lowest BCUT2D eigenvalue weighted by Crippen LogP contribution is -2.23. The van der Waals surface area contributed by atoms with Crippen molar-refractivity contribution in [3.8, 4) is 16.9 Å². The molecule has 31 heavy (non-hydrogen) atoms. The molecule has 3 aromatic carbocycles. The minimum absolute atomic E-state index is 0. The molecular formula is C24H23Cl2NO4. The summed E-state index contributed by atoms with van der Waals surface area (Å²) in [5.74, 6) is -0.137. The van der Waals surface area contributed by atoms with Crippen LogP contribution in [-0.4, -0.2) is 29.3 Å². The molecule has 1 atom stereocenters. The van der Waals surface area contributed by atoms with Gasteiger partial charge in [-0.15, -0.1) is 12.4 Å². The van der Waals surface area contributed by atoms with Crippen LogP contribution in [0.25, 0.3) is 11.1 Å². The molecule has 0 unspecified atom stereocenters. The normalized spacial score (nSPS) is 12.7. The first-order chi connectivity index (χ1) is 14.5. The molecule has 1 heterocycles. The Morgan fingerprint density at radius 3 is 2.71 bits per heavy atom. The van der Waals surface area contributed by atoms with Gasteiger partial charge in [0.05, 0.1) is 11.7 Å². The summed E-state index contributed by atoms with van der Waals surface area (Å²) in [6.45, 7) is 1.52. The fourth-order valence-corrected chi connectivity index (χ4v) is 3.84. The molecule has 0 bridgehead atoms. The van der Waals surface area contributed by atoms with Crippen molar-refractivity contribution in [3.63, 3.8) is 0 Å². The highest BCUT2D eigenvalue weighted by Gasteiger charge is 2.19. The molecular weight excluding hydrogens is 437 g/mol. The lowest BCUT2D eigenvalue weighted by molar-refractivity contribution is 0.0696. The van der Waals surface area contributed by atoms with Crippen molar-refractivity contribution in [3.05, 3.63) is 87.9 Å². The van der Waals surface area contributed by atoms with Gasteiger partial charge >= 0.3 is 5.97 Å². The molecule has 0 fully saturated rings. The molecule has 0 aromatic heterocycles. The Hall–Kier alpha value is -2.57. The second-order valence-electron chi connectivity index (χ2n) is 7.32. The maximum atomic E-state index is 11.2. The van der Waals surface area contributed by atoms with Crippen LogP contribution in [0, 0.1) is 0 Å². The second-order valence-corrected chi connectivity index (χ2v) is 7.76. The number of carboxylic acid groups (broad SMARTS) is 1. The van der Waals surface area contributed by atoms with Crippen LogP contribution in [0.2, 0.25) is 5.02 Å². The van der Waals surface area contributed by atoms with Crippen LogP contribution in [0.4, 0.5) is 0 Å². The van der Waals surface area contributed by atoms with E-state index in [-0.39, 0.29) is 18.0 Å². The van der Waals surface area contributed by atoms with Crippen LogP contribution in [-0.2, 0) is 13.0 Å². The number of rotatable bonds is 7. The first kappa shape index (κ1) is 23.1. The summed E-state index contributed by atoms with van der Waals surface area (Å²) in [5.41, 5.74) is 5.05. The molecule has 0 radical (unpaired) electrons. The number of aliphatic hydroxyl groups excluding tert-OH is 1. The molecule has 0 saturated carbocycles. The highest BCUT2D eigenvalue weighted by Crippen LogP contribution is 2.38. The lowest BCUT2D eigenvalue weighted by Gasteiger charge is -2.22. The number of carboxylic acids is 1. The molecule has 0 amide bonds. The van der Waals surface area contributed by atoms with Crippen LogP contribution in [0.3, 0.4) is 0 Å². The van der Waals surface area contributed by atoms with Gasteiger partial charge in [0, 0.05) is 17.1 Å². The van der Waals surface area contributed by atoms with Crippen molar-refractivity contribution >= 4 is 30.0 Å². The van der Waals surface area contributed by atoms with E-state index in [0.717, 1.165) is 40.0 Å². The third-order valence-corrected chi connectivity index (χ3v) is 5.47. The molecule has 7 heteroatoms. The van der Waals surface area contributed by atoms with Gasteiger partial charge in [-0.05, 0) is 71.6 Å². The van der Waals surface area contributed by atoms with Gasteiger partial charge < -0.3 is 20.3 Å². The van der Waals surface area contributed by atoms with Crippen molar-refractivity contribution in [2.24, 2.45) is 0 Å². The highest BCUT2D eigenvalue weighted by atomic mass is 35.5. The smallest absolute Gasteiger partial charge is 0.335 e. The summed E-state index contributed by atoms with van der Waals surface area (Å²) in [4.78, 5) is 11.2. The number of hydrogen-bond acceptors (Lipinski definition) is 4. The molecule has 3 N–H and O–H groups in total. The molecule has 4 rings (SSSR count). The van der Waals surface area contributed by atoms with E-state index < -0.39 is 12.1 Å². The van der Waals surface area contributed by atoms with E-state index in [2.05, 4.69) is 11.4 Å². The summed E-state index contributed by atoms with van der Waals surface area (Å²) < 4.78 is 5.80. The van der Waals surface area contributed by atoms with E-state index in [9.17, 15) is 15.0 Å². The first-order valence-electron chi connectivity index (χ1n) is 9.78. The van der Waals surface area contributed by atoms with E-state index in [1.54, 1.807) is 24.3 Å². The molecule has 0 spiro atoms. The highest BCUT2D eigenvalue weighted by molar-refractivity contribution is 6.30. The van der Waals surface area contributed by atoms with E-state index in [1.165, 1.54) is 0 Å². The Morgan fingerprint density at radius 2 is 1.94 bits per heavy atom. The third kappa shape index (κ3) is 5.38. The maximum absolute atomic E-state index is 11.2. The van der Waals surface area contributed by atoms with Gasteiger partial charge in [-0.2, -0.15) is 0 Å². The molecule has 1 aliphatic rings. The summed E-state index contributed by atoms with van der Waals surface area (Å²) in [7, 11) is 0. The van der Waals surface area contributed by atoms with Gasteiger partial charge in [-0.3, -0.25) is 0 Å². The van der Waals surface area contributed by atoms with Crippen molar-refractivity contribution in [2.75, 3.05) is 13.1 Å². The average molecular weight is 460 g/mol. The largest absolute Gasteiger partial charge is 0.488 e. The quantitative estimate of drug-likeness (QED) is 0.438. The fraction of sp³-hybridized carbons (Fsp3) is 0.208. The molecule has 3 aromatic rings. The number of fused-ring (bicyclic) bond motifs is 3. The number of hydrogen-bond donors (Lipinski definition) is 3. The summed E-state index contributed by atoms with van der Waals surface area (Å²) in [5, 5.41) is 23.4. The predicted octanol–water partition coefficient (Wildman–Crippen LogP) is 4.89. The topological polar surface area (TPSA) is 78.8 Å². The van der Waals surface area contributed by atoms with Crippen LogP contribution in [0.5, 0.6) is 5.75 Å². The zero-order chi connectivity index (χ0) is 21.1. The molecule has 1 aliphatic heterocycles. The number of aliphatic hydroxyl groups is 1. The van der Waals surface area contributed by atoms with Crippen molar-refractivity contribution in [2.45, 2.75) is 19.1 Å². The summed E-state index contributed by atoms with van der Waals surface area (Å²) in [6, 6.07) is 18.5. The zero-order valence-electron chi connectivity index (χ0n) is 16.7. The average Bonchev–Trinajstić information content (AvgIpc) is 2.76. The van der Waals surface area contributed by atoms with Crippen molar-refractivity contribution in [1.82, 2.24) is 5.32 Å². The van der Waals surface area contributed by atoms with E-state index in [1.807, 2.05) is 30.3 Å². The Balaban J connectivity index is 0.00000272. The Bertz CT molecular complexity index is 1090. The Labute approximate surface area is 192 Å². The number of halogens is 2. The van der Waals surface area contributed by atoms with Crippen molar-refractivity contribution in [1.29, 1.82) is 0 Å². The van der Waals surface area contributed by atoms with Crippen molar-refractivity contribution < 1.29 is 19.7 Å². The first-order valence-corrected chi connectivity index (χ1v) is 10.2. The fourth-order valence-electron chi connectivity index (χ4n) is 3.64. The molecule has 162 valence electrons. The molecule has 0 aliphatic carbocycles. The third-order valence-electron chi connectivity index (χ3n) is 5.23. The van der Waals surface area contributed by atoms with Gasteiger partial charge in [0.15, 0.2) is 0 Å². The number of ether oxygens (including phenoxy) is 1. The van der Waals surface area contributed by atoms with E-state index in [4.69, 9.17) is 16.3 Å².